The average molecular weight is 510 g/mol. The number of thiazole rings is 1. The number of amides is 1. The Morgan fingerprint density at radius 3 is 2.75 bits per heavy atom. The molecule has 9 heteroatoms. The predicted octanol–water partition coefficient (Wildman–Crippen LogP) is 5.51. The molecular weight excluding hydrogens is 481 g/mol. The van der Waals surface area contributed by atoms with Gasteiger partial charge in [0.25, 0.3) is 0 Å². The summed E-state index contributed by atoms with van der Waals surface area (Å²) in [6, 6.07) is 8.03. The van der Waals surface area contributed by atoms with Crippen LogP contribution in [0.1, 0.15) is 44.7 Å². The predicted molar refractivity (Wildman–Crippen MR) is 138 cm³/mol. The number of aryl methyl sites for hydroxylation is 1. The summed E-state index contributed by atoms with van der Waals surface area (Å²) in [6.45, 7) is 2.29. The first kappa shape index (κ1) is 25.7. The van der Waals surface area contributed by atoms with Gasteiger partial charge in [0.15, 0.2) is 6.10 Å². The number of nitrogens with one attached hydrogen (secondary N) is 1. The molecule has 0 fully saturated rings. The molecule has 1 unspecified atom stereocenters. The molecule has 0 spiro atoms. The van der Waals surface area contributed by atoms with Crippen molar-refractivity contribution in [3.8, 4) is 10.6 Å². The van der Waals surface area contributed by atoms with Gasteiger partial charge in [0.2, 0.25) is 5.91 Å². The van der Waals surface area contributed by atoms with E-state index in [0.29, 0.717) is 10.5 Å². The monoisotopic (exact) mass is 509 g/mol. The number of rotatable bonds is 10. The maximum atomic E-state index is 14.8. The van der Waals surface area contributed by atoms with Gasteiger partial charge >= 0.3 is 5.97 Å². The number of unbranched alkanes of at least 4 members (excludes halogenated alkanes) is 1. The lowest BCUT2D eigenvalue weighted by Gasteiger charge is -2.26. The number of hydrogen-bond acceptors (Lipinski definition) is 6. The van der Waals surface area contributed by atoms with Crippen LogP contribution in [0.5, 0.6) is 0 Å². The minimum atomic E-state index is -1.82. The number of pyridine rings is 1. The Hall–Kier alpha value is -3.43. The minimum Gasteiger partial charge on any atom is -0.479 e. The molecule has 1 aliphatic rings. The number of carboxylic acid groups (broad SMARTS) is 1. The zero-order valence-corrected chi connectivity index (χ0v) is 20.7. The zero-order valence-electron chi connectivity index (χ0n) is 19.9. The number of hydrogen-bond donors (Lipinski definition) is 3. The maximum Gasteiger partial charge on any atom is 0.333 e. The average Bonchev–Trinajstić information content (AvgIpc) is 3.25. The van der Waals surface area contributed by atoms with Crippen molar-refractivity contribution in [2.75, 3.05) is 5.32 Å². The molecule has 2 heterocycles. The SMILES string of the molecule is CC1(CCCCc2ccc3nc(-c4ccc(NC(=O)C[C@@H](O)C(=O)O)cc4F)sc3n2)C=CC=CC1. The van der Waals surface area contributed by atoms with Gasteiger partial charge in [-0.1, -0.05) is 49.0 Å². The second kappa shape index (κ2) is 11.1. The molecule has 0 radical (unpaired) electrons. The number of aromatic nitrogens is 2. The van der Waals surface area contributed by atoms with E-state index in [1.54, 1.807) is 0 Å². The van der Waals surface area contributed by atoms with E-state index in [9.17, 15) is 19.1 Å². The van der Waals surface area contributed by atoms with Gasteiger partial charge in [0, 0.05) is 16.9 Å². The van der Waals surface area contributed by atoms with Gasteiger partial charge in [-0.25, -0.2) is 19.2 Å². The number of nitrogens with zero attached hydrogens (tertiary/aromatic N) is 2. The van der Waals surface area contributed by atoms with Crippen LogP contribution >= 0.6 is 11.3 Å². The standard InChI is InChI=1S/C27H28FN3O4S/c1-27(12-4-2-5-13-27)14-6-3-7-17-9-11-21-25(30-17)36-24(31-21)19-10-8-18(15-20(19)28)29-23(33)16-22(32)26(34)35/h2,4-5,8-12,15,22,32H,3,6-7,13-14,16H2,1H3,(H,29,33)(H,34,35)/t22-,27?/m1/s1. The number of fused-ring (bicyclic) bond motifs is 1. The lowest BCUT2D eigenvalue weighted by atomic mass is 9.79. The van der Waals surface area contributed by atoms with E-state index in [4.69, 9.17) is 10.1 Å². The van der Waals surface area contributed by atoms with E-state index in [-0.39, 0.29) is 16.7 Å². The highest BCUT2D eigenvalue weighted by atomic mass is 32.1. The molecule has 0 saturated carbocycles. The van der Waals surface area contributed by atoms with Crippen LogP contribution in [-0.4, -0.2) is 38.2 Å². The first-order valence-corrected chi connectivity index (χ1v) is 12.7. The number of halogens is 1. The van der Waals surface area contributed by atoms with E-state index in [2.05, 4.69) is 41.5 Å². The summed E-state index contributed by atoms with van der Waals surface area (Å²) in [7, 11) is 0. The van der Waals surface area contributed by atoms with E-state index in [1.165, 1.54) is 23.5 Å². The van der Waals surface area contributed by atoms with Crippen molar-refractivity contribution in [2.45, 2.75) is 51.6 Å². The largest absolute Gasteiger partial charge is 0.479 e. The summed E-state index contributed by atoms with van der Waals surface area (Å²) in [5, 5.41) is 20.8. The van der Waals surface area contributed by atoms with Crippen molar-refractivity contribution in [3.05, 3.63) is 66.1 Å². The molecular formula is C27H28FN3O4S. The second-order valence-corrected chi connectivity index (χ2v) is 10.3. The van der Waals surface area contributed by atoms with Gasteiger partial charge in [0.1, 0.15) is 21.2 Å². The number of aliphatic hydroxyl groups excluding tert-OH is 1. The van der Waals surface area contributed by atoms with Gasteiger partial charge in [-0.05, 0) is 61.4 Å². The Labute approximate surface area is 212 Å². The highest BCUT2D eigenvalue weighted by Gasteiger charge is 2.20. The number of carboxylic acids is 1. The Kier molecular flexibility index (Phi) is 7.91. The number of aliphatic hydroxyl groups is 1. The third-order valence-electron chi connectivity index (χ3n) is 6.22. The molecule has 0 aliphatic heterocycles. The maximum absolute atomic E-state index is 14.8. The summed E-state index contributed by atoms with van der Waals surface area (Å²) >= 11 is 1.31. The van der Waals surface area contributed by atoms with Gasteiger partial charge in [-0.15, -0.1) is 0 Å². The molecule has 3 aromatic rings. The van der Waals surface area contributed by atoms with Crippen molar-refractivity contribution >= 4 is 39.2 Å². The van der Waals surface area contributed by atoms with E-state index < -0.39 is 30.2 Å². The minimum absolute atomic E-state index is 0.161. The molecule has 1 aromatic carbocycles. The molecule has 2 aromatic heterocycles. The molecule has 188 valence electrons. The van der Waals surface area contributed by atoms with Crippen LogP contribution in [0.4, 0.5) is 10.1 Å². The van der Waals surface area contributed by atoms with Crippen LogP contribution in [-0.2, 0) is 16.0 Å². The smallest absolute Gasteiger partial charge is 0.333 e. The van der Waals surface area contributed by atoms with Crippen LogP contribution < -0.4 is 5.32 Å². The van der Waals surface area contributed by atoms with E-state index in [0.717, 1.165) is 48.7 Å². The quantitative estimate of drug-likeness (QED) is 0.311. The molecule has 0 saturated heterocycles. The van der Waals surface area contributed by atoms with Crippen LogP contribution in [0.25, 0.3) is 20.9 Å². The lowest BCUT2D eigenvalue weighted by Crippen LogP contribution is -2.26. The van der Waals surface area contributed by atoms with Crippen LogP contribution in [0.2, 0.25) is 0 Å². The van der Waals surface area contributed by atoms with Crippen molar-refractivity contribution in [2.24, 2.45) is 5.41 Å². The molecule has 4 rings (SSSR count). The number of benzene rings is 1. The summed E-state index contributed by atoms with van der Waals surface area (Å²) < 4.78 is 14.8. The summed E-state index contributed by atoms with van der Waals surface area (Å²) in [5.74, 6) is -2.80. The first-order valence-electron chi connectivity index (χ1n) is 11.8. The number of aliphatic carboxylic acids is 1. The second-order valence-electron chi connectivity index (χ2n) is 9.30. The fourth-order valence-corrected chi connectivity index (χ4v) is 5.13. The Bertz CT molecular complexity index is 1340. The van der Waals surface area contributed by atoms with Crippen molar-refractivity contribution in [3.63, 3.8) is 0 Å². The van der Waals surface area contributed by atoms with E-state index in [1.807, 2.05) is 12.1 Å². The Morgan fingerprint density at radius 1 is 1.19 bits per heavy atom. The normalized spacial score (nSPS) is 17.9. The molecule has 2 atom stereocenters. The summed E-state index contributed by atoms with van der Waals surface area (Å²) in [4.78, 5) is 32.5. The highest BCUT2D eigenvalue weighted by Crippen LogP contribution is 2.34. The third-order valence-corrected chi connectivity index (χ3v) is 7.22. The van der Waals surface area contributed by atoms with Crippen LogP contribution in [0.15, 0.2) is 54.6 Å². The molecule has 1 amide bonds. The third kappa shape index (κ3) is 6.41. The summed E-state index contributed by atoms with van der Waals surface area (Å²) in [5.41, 5.74) is 2.37. The van der Waals surface area contributed by atoms with Gasteiger partial charge in [-0.3, -0.25) is 4.79 Å². The number of anilines is 1. The number of carbonyl (C=O) groups is 2. The van der Waals surface area contributed by atoms with E-state index >= 15 is 0 Å². The zero-order chi connectivity index (χ0) is 25.7. The van der Waals surface area contributed by atoms with Crippen LogP contribution in [0, 0.1) is 11.2 Å². The van der Waals surface area contributed by atoms with Crippen molar-refractivity contribution in [1.29, 1.82) is 0 Å². The van der Waals surface area contributed by atoms with Gasteiger partial charge in [0.05, 0.1) is 6.42 Å². The Balaban J connectivity index is 1.38. The fourth-order valence-electron chi connectivity index (χ4n) is 4.14. The topological polar surface area (TPSA) is 112 Å². The van der Waals surface area contributed by atoms with Crippen molar-refractivity contribution in [1.82, 2.24) is 9.97 Å². The molecule has 1 aliphatic carbocycles. The van der Waals surface area contributed by atoms with Crippen molar-refractivity contribution < 1.29 is 24.2 Å². The summed E-state index contributed by atoms with van der Waals surface area (Å²) in [6.07, 6.45) is 11.5. The van der Waals surface area contributed by atoms with Crippen LogP contribution in [0.3, 0.4) is 0 Å². The molecule has 36 heavy (non-hydrogen) atoms. The number of allylic oxidation sites excluding steroid dienone is 4. The van der Waals surface area contributed by atoms with Gasteiger partial charge < -0.3 is 15.5 Å². The molecule has 7 nitrogen and oxygen atoms in total. The number of carbonyl (C=O) groups excluding carboxylic acids is 1. The van der Waals surface area contributed by atoms with Gasteiger partial charge in [-0.2, -0.15) is 0 Å². The fraction of sp³-hybridized carbons (Fsp3) is 0.333. The molecule has 0 bridgehead atoms. The molecule has 3 N–H and O–H groups in total. The highest BCUT2D eigenvalue weighted by molar-refractivity contribution is 7.21. The lowest BCUT2D eigenvalue weighted by molar-refractivity contribution is -0.148. The first-order chi connectivity index (χ1) is 17.2. The Morgan fingerprint density at radius 2 is 2.03 bits per heavy atom.